The van der Waals surface area contributed by atoms with Crippen molar-refractivity contribution < 1.29 is 0 Å². The van der Waals surface area contributed by atoms with Crippen LogP contribution in [0.2, 0.25) is 0 Å². The third-order valence-corrected chi connectivity index (χ3v) is 4.79. The highest BCUT2D eigenvalue weighted by Crippen LogP contribution is 2.34. The molecule has 2 heteroatoms. The van der Waals surface area contributed by atoms with Crippen LogP contribution in [0.15, 0.2) is 71.2 Å². The van der Waals surface area contributed by atoms with E-state index in [4.69, 9.17) is 0 Å². The summed E-state index contributed by atoms with van der Waals surface area (Å²) in [6.45, 7) is 2.14. The molecule has 23 heavy (non-hydrogen) atoms. The molecule has 0 bridgehead atoms. The van der Waals surface area contributed by atoms with Gasteiger partial charge in [0.15, 0.2) is 0 Å². The van der Waals surface area contributed by atoms with Crippen LogP contribution < -0.4 is 0 Å². The molecule has 0 radical (unpaired) electrons. The van der Waals surface area contributed by atoms with Crippen molar-refractivity contribution in [2.75, 3.05) is 0 Å². The molecule has 0 aromatic heterocycles. The van der Waals surface area contributed by atoms with Gasteiger partial charge in [0.25, 0.3) is 0 Å². The zero-order valence-electron chi connectivity index (χ0n) is 12.9. The van der Waals surface area contributed by atoms with Crippen molar-refractivity contribution in [2.45, 2.75) is 13.3 Å². The molecule has 0 aliphatic heterocycles. The molecule has 0 fully saturated rings. The van der Waals surface area contributed by atoms with Gasteiger partial charge >= 0.3 is 0 Å². The Labute approximate surface area is 145 Å². The molecular formula is C21H16BrN. The van der Waals surface area contributed by atoms with E-state index in [0.29, 0.717) is 0 Å². The fraction of sp³-hybridized carbons (Fsp3) is 0.0952. The van der Waals surface area contributed by atoms with Crippen LogP contribution in [0.5, 0.6) is 0 Å². The lowest BCUT2D eigenvalue weighted by Crippen LogP contribution is -1.96. The van der Waals surface area contributed by atoms with Gasteiger partial charge in [0.05, 0.1) is 6.07 Å². The van der Waals surface area contributed by atoms with Crippen molar-refractivity contribution in [2.24, 2.45) is 0 Å². The van der Waals surface area contributed by atoms with Crippen LogP contribution in [0.4, 0.5) is 0 Å². The zero-order chi connectivity index (χ0) is 16.2. The smallest absolute Gasteiger partial charge is 0.0918 e. The van der Waals surface area contributed by atoms with Gasteiger partial charge in [0.2, 0.25) is 0 Å². The number of hydrogen-bond acceptors (Lipinski definition) is 1. The lowest BCUT2D eigenvalue weighted by atomic mass is 9.90. The Hall–Kier alpha value is -2.37. The van der Waals surface area contributed by atoms with Gasteiger partial charge in [-0.3, -0.25) is 0 Å². The average molecular weight is 362 g/mol. The fourth-order valence-electron chi connectivity index (χ4n) is 3.00. The summed E-state index contributed by atoms with van der Waals surface area (Å²) in [5, 5.41) is 11.7. The number of nitrogens with zero attached hydrogens (tertiary/aromatic N) is 1. The average Bonchev–Trinajstić information content (AvgIpc) is 2.59. The van der Waals surface area contributed by atoms with Crippen LogP contribution in [-0.2, 0) is 6.42 Å². The molecule has 0 N–H and O–H groups in total. The summed E-state index contributed by atoms with van der Waals surface area (Å²) >= 11 is 3.64. The van der Waals surface area contributed by atoms with Gasteiger partial charge in [-0.15, -0.1) is 0 Å². The van der Waals surface area contributed by atoms with Gasteiger partial charge in [0, 0.05) is 16.1 Å². The first kappa shape index (κ1) is 15.5. The van der Waals surface area contributed by atoms with Crippen molar-refractivity contribution >= 4 is 32.3 Å². The minimum atomic E-state index is 0.907. The van der Waals surface area contributed by atoms with Gasteiger partial charge < -0.3 is 0 Å². The van der Waals surface area contributed by atoms with Crippen LogP contribution in [0.1, 0.15) is 23.6 Å². The minimum Gasteiger partial charge on any atom is -0.193 e. The molecule has 3 rings (SSSR count). The molecule has 0 aliphatic carbocycles. The first-order chi connectivity index (χ1) is 11.3. The standard InChI is InChI=1S/C21H16BrN/c1-2-16-18(11-6-12-21(16)22)20(13-14-23)19-10-5-8-15-7-3-4-9-17(15)19/h3-13H,2H2,1H3. The number of nitriles is 1. The first-order valence-electron chi connectivity index (χ1n) is 7.62. The number of allylic oxidation sites excluding steroid dienone is 1. The molecule has 0 unspecified atom stereocenters. The van der Waals surface area contributed by atoms with E-state index in [1.165, 1.54) is 16.3 Å². The van der Waals surface area contributed by atoms with Gasteiger partial charge in [0.1, 0.15) is 0 Å². The van der Waals surface area contributed by atoms with Crippen LogP contribution in [0.3, 0.4) is 0 Å². The Bertz CT molecular complexity index is 927. The van der Waals surface area contributed by atoms with Crippen LogP contribution in [0, 0.1) is 11.3 Å². The monoisotopic (exact) mass is 361 g/mol. The fourth-order valence-corrected chi connectivity index (χ4v) is 3.64. The summed E-state index contributed by atoms with van der Waals surface area (Å²) in [5.41, 5.74) is 4.40. The summed E-state index contributed by atoms with van der Waals surface area (Å²) in [4.78, 5) is 0. The maximum absolute atomic E-state index is 9.33. The molecule has 0 spiro atoms. The lowest BCUT2D eigenvalue weighted by molar-refractivity contribution is 1.12. The second-order valence-electron chi connectivity index (χ2n) is 5.33. The Kier molecular flexibility index (Phi) is 4.60. The molecule has 0 saturated heterocycles. The topological polar surface area (TPSA) is 23.8 Å². The second-order valence-corrected chi connectivity index (χ2v) is 6.19. The molecule has 3 aromatic rings. The van der Waals surface area contributed by atoms with Gasteiger partial charge in [-0.1, -0.05) is 77.5 Å². The maximum atomic E-state index is 9.33. The van der Waals surface area contributed by atoms with Crippen LogP contribution >= 0.6 is 15.9 Å². The van der Waals surface area contributed by atoms with Crippen molar-refractivity contribution in [3.05, 3.63) is 87.9 Å². The molecule has 0 saturated carbocycles. The summed E-state index contributed by atoms with van der Waals surface area (Å²) in [6, 6.07) is 22.9. The lowest BCUT2D eigenvalue weighted by Gasteiger charge is -2.15. The molecule has 3 aromatic carbocycles. The van der Waals surface area contributed by atoms with Crippen LogP contribution in [0.25, 0.3) is 16.3 Å². The molecular weight excluding hydrogens is 346 g/mol. The van der Waals surface area contributed by atoms with Gasteiger partial charge in [-0.2, -0.15) is 5.26 Å². The summed E-state index contributed by atoms with van der Waals surface area (Å²) in [6.07, 6.45) is 2.56. The molecule has 0 amide bonds. The highest BCUT2D eigenvalue weighted by atomic mass is 79.9. The highest BCUT2D eigenvalue weighted by molar-refractivity contribution is 9.10. The Balaban J connectivity index is 2.31. The van der Waals surface area contributed by atoms with E-state index in [9.17, 15) is 5.26 Å². The van der Waals surface area contributed by atoms with Gasteiger partial charge in [-0.05, 0) is 39.9 Å². The van der Waals surface area contributed by atoms with E-state index < -0.39 is 0 Å². The molecule has 0 aliphatic rings. The Morgan fingerprint density at radius 2 is 1.70 bits per heavy atom. The summed E-state index contributed by atoms with van der Waals surface area (Å²) in [7, 11) is 0. The largest absolute Gasteiger partial charge is 0.193 e. The van der Waals surface area contributed by atoms with Crippen molar-refractivity contribution in [1.29, 1.82) is 5.26 Å². The quantitative estimate of drug-likeness (QED) is 0.515. The third-order valence-electron chi connectivity index (χ3n) is 4.05. The Morgan fingerprint density at radius 1 is 1.00 bits per heavy atom. The van der Waals surface area contributed by atoms with Gasteiger partial charge in [-0.25, -0.2) is 0 Å². The molecule has 0 atom stereocenters. The summed E-state index contributed by atoms with van der Waals surface area (Å²) in [5.74, 6) is 0. The SMILES string of the molecule is CCc1c(Br)cccc1C(=CC#N)c1cccc2ccccc12. The first-order valence-corrected chi connectivity index (χ1v) is 8.41. The van der Waals surface area contributed by atoms with Crippen molar-refractivity contribution in [3.8, 4) is 6.07 Å². The number of hydrogen-bond donors (Lipinski definition) is 0. The highest BCUT2D eigenvalue weighted by Gasteiger charge is 2.13. The minimum absolute atomic E-state index is 0.907. The molecule has 112 valence electrons. The van der Waals surface area contributed by atoms with Crippen molar-refractivity contribution in [3.63, 3.8) is 0 Å². The summed E-state index contributed by atoms with van der Waals surface area (Å²) < 4.78 is 1.08. The van der Waals surface area contributed by atoms with E-state index in [1.807, 2.05) is 24.3 Å². The van der Waals surface area contributed by atoms with Crippen molar-refractivity contribution in [1.82, 2.24) is 0 Å². The predicted octanol–water partition coefficient (Wildman–Crippen LogP) is 6.12. The van der Waals surface area contributed by atoms with Crippen LogP contribution in [-0.4, -0.2) is 0 Å². The predicted molar refractivity (Wildman–Crippen MR) is 100 cm³/mol. The van der Waals surface area contributed by atoms with E-state index in [2.05, 4.69) is 65.3 Å². The van der Waals surface area contributed by atoms with E-state index in [1.54, 1.807) is 6.08 Å². The zero-order valence-corrected chi connectivity index (χ0v) is 14.5. The maximum Gasteiger partial charge on any atom is 0.0918 e. The third kappa shape index (κ3) is 2.93. The number of benzene rings is 3. The number of halogens is 1. The second kappa shape index (κ2) is 6.81. The van der Waals surface area contributed by atoms with E-state index in [0.717, 1.165) is 27.6 Å². The Morgan fingerprint density at radius 3 is 2.48 bits per heavy atom. The van der Waals surface area contributed by atoms with E-state index >= 15 is 0 Å². The number of rotatable bonds is 3. The molecule has 0 heterocycles. The van der Waals surface area contributed by atoms with E-state index in [-0.39, 0.29) is 0 Å². The molecule has 1 nitrogen and oxygen atoms in total. The normalized spacial score (nSPS) is 11.4. The number of fused-ring (bicyclic) bond motifs is 1.